The van der Waals surface area contributed by atoms with Gasteiger partial charge in [-0.25, -0.2) is 0 Å². The van der Waals surface area contributed by atoms with Crippen LogP contribution >= 0.6 is 0 Å². The molecule has 0 fully saturated rings. The monoisotopic (exact) mass is 177 g/mol. The average Bonchev–Trinajstić information content (AvgIpc) is 2.08. The van der Waals surface area contributed by atoms with Gasteiger partial charge in [-0.05, 0) is 37.1 Å². The molecule has 1 amide bonds. The molecule has 13 heavy (non-hydrogen) atoms. The molecule has 0 N–H and O–H groups in total. The van der Waals surface area contributed by atoms with Crippen molar-refractivity contribution in [2.45, 2.75) is 20.8 Å². The molecule has 2 nitrogen and oxygen atoms in total. The Morgan fingerprint density at radius 1 is 1.23 bits per heavy atom. The average molecular weight is 177 g/mol. The van der Waals surface area contributed by atoms with Gasteiger partial charge in [-0.2, -0.15) is 0 Å². The van der Waals surface area contributed by atoms with Gasteiger partial charge in [-0.3, -0.25) is 4.79 Å². The summed E-state index contributed by atoms with van der Waals surface area (Å²) >= 11 is 0. The SMILES string of the molecule is CC(=O)N(C)c1ccc(C)c(C)c1. The second kappa shape index (κ2) is 3.60. The van der Waals surface area contributed by atoms with Gasteiger partial charge < -0.3 is 4.90 Å². The molecule has 0 radical (unpaired) electrons. The Balaban J connectivity index is 3.03. The molecule has 0 aromatic heterocycles. The maximum absolute atomic E-state index is 11.1. The van der Waals surface area contributed by atoms with Gasteiger partial charge >= 0.3 is 0 Å². The number of hydrogen-bond acceptors (Lipinski definition) is 1. The van der Waals surface area contributed by atoms with Crippen LogP contribution in [0.15, 0.2) is 18.2 Å². The van der Waals surface area contributed by atoms with Crippen LogP contribution in [0.1, 0.15) is 18.1 Å². The molecule has 0 aliphatic rings. The third-order valence-corrected chi connectivity index (χ3v) is 2.35. The van der Waals surface area contributed by atoms with Gasteiger partial charge in [-0.15, -0.1) is 0 Å². The van der Waals surface area contributed by atoms with Crippen LogP contribution in [0.2, 0.25) is 0 Å². The molecule has 0 bridgehead atoms. The van der Waals surface area contributed by atoms with Gasteiger partial charge in [0.2, 0.25) is 5.91 Å². The number of aryl methyl sites for hydroxylation is 2. The second-order valence-electron chi connectivity index (χ2n) is 3.35. The summed E-state index contributed by atoms with van der Waals surface area (Å²) in [5, 5.41) is 0. The molecule has 2 heteroatoms. The van der Waals surface area contributed by atoms with E-state index in [-0.39, 0.29) is 5.91 Å². The van der Waals surface area contributed by atoms with E-state index in [1.807, 2.05) is 25.1 Å². The van der Waals surface area contributed by atoms with Gasteiger partial charge in [-0.1, -0.05) is 6.07 Å². The fraction of sp³-hybridized carbons (Fsp3) is 0.364. The third kappa shape index (κ3) is 2.08. The van der Waals surface area contributed by atoms with Crippen LogP contribution in [0.3, 0.4) is 0 Å². The van der Waals surface area contributed by atoms with E-state index in [1.165, 1.54) is 11.1 Å². The lowest BCUT2D eigenvalue weighted by atomic mass is 10.1. The summed E-state index contributed by atoms with van der Waals surface area (Å²) < 4.78 is 0. The van der Waals surface area contributed by atoms with Gasteiger partial charge in [0.25, 0.3) is 0 Å². The molecule has 70 valence electrons. The fourth-order valence-corrected chi connectivity index (χ4v) is 1.12. The number of hydrogen-bond donors (Lipinski definition) is 0. The molecule has 0 atom stereocenters. The topological polar surface area (TPSA) is 20.3 Å². The van der Waals surface area contributed by atoms with E-state index >= 15 is 0 Å². The molecule has 0 spiro atoms. The lowest BCUT2D eigenvalue weighted by Crippen LogP contribution is -2.22. The number of amides is 1. The van der Waals surface area contributed by atoms with Crippen LogP contribution in [-0.4, -0.2) is 13.0 Å². The van der Waals surface area contributed by atoms with Crippen molar-refractivity contribution in [3.63, 3.8) is 0 Å². The molecule has 1 aromatic rings. The lowest BCUT2D eigenvalue weighted by molar-refractivity contribution is -0.116. The van der Waals surface area contributed by atoms with Crippen LogP contribution in [0.25, 0.3) is 0 Å². The fourth-order valence-electron chi connectivity index (χ4n) is 1.12. The maximum Gasteiger partial charge on any atom is 0.223 e. The zero-order valence-corrected chi connectivity index (χ0v) is 8.59. The van der Waals surface area contributed by atoms with Crippen LogP contribution in [0.4, 0.5) is 5.69 Å². The van der Waals surface area contributed by atoms with Gasteiger partial charge in [0.15, 0.2) is 0 Å². The van der Waals surface area contributed by atoms with Crippen LogP contribution < -0.4 is 4.90 Å². The Morgan fingerprint density at radius 3 is 2.31 bits per heavy atom. The van der Waals surface area contributed by atoms with Crippen molar-refractivity contribution in [1.29, 1.82) is 0 Å². The molecule has 0 unspecified atom stereocenters. The molecule has 0 saturated carbocycles. The first-order valence-electron chi connectivity index (χ1n) is 4.34. The zero-order valence-electron chi connectivity index (χ0n) is 8.59. The van der Waals surface area contributed by atoms with Gasteiger partial charge in [0, 0.05) is 19.7 Å². The minimum Gasteiger partial charge on any atom is -0.316 e. The van der Waals surface area contributed by atoms with Crippen molar-refractivity contribution in [2.24, 2.45) is 0 Å². The molecule has 0 aliphatic carbocycles. The summed E-state index contributed by atoms with van der Waals surface area (Å²) in [5.41, 5.74) is 3.42. The van der Waals surface area contributed by atoms with Crippen molar-refractivity contribution >= 4 is 11.6 Å². The number of carbonyl (C=O) groups excluding carboxylic acids is 1. The predicted octanol–water partition coefficient (Wildman–Crippen LogP) is 2.29. The molecular formula is C11H15NO. The number of benzene rings is 1. The van der Waals surface area contributed by atoms with E-state index in [0.29, 0.717) is 0 Å². The standard InChI is InChI=1S/C11H15NO/c1-8-5-6-11(7-9(8)2)12(4)10(3)13/h5-7H,1-4H3. The Bertz CT molecular complexity index is 331. The quantitative estimate of drug-likeness (QED) is 0.644. The highest BCUT2D eigenvalue weighted by atomic mass is 16.2. The summed E-state index contributed by atoms with van der Waals surface area (Å²) in [4.78, 5) is 12.7. The van der Waals surface area contributed by atoms with E-state index in [2.05, 4.69) is 6.92 Å². The number of carbonyl (C=O) groups is 1. The molecule has 0 saturated heterocycles. The molecular weight excluding hydrogens is 162 g/mol. The smallest absolute Gasteiger partial charge is 0.223 e. The highest BCUT2D eigenvalue weighted by Crippen LogP contribution is 2.17. The van der Waals surface area contributed by atoms with E-state index < -0.39 is 0 Å². The minimum atomic E-state index is 0.0586. The van der Waals surface area contributed by atoms with E-state index in [4.69, 9.17) is 0 Å². The molecule has 0 aliphatic heterocycles. The van der Waals surface area contributed by atoms with Gasteiger partial charge in [0.05, 0.1) is 0 Å². The Kier molecular flexibility index (Phi) is 2.71. The summed E-state index contributed by atoms with van der Waals surface area (Å²) in [5.74, 6) is 0.0586. The highest BCUT2D eigenvalue weighted by Gasteiger charge is 2.05. The van der Waals surface area contributed by atoms with Crippen molar-refractivity contribution in [3.05, 3.63) is 29.3 Å². The van der Waals surface area contributed by atoms with Crippen LogP contribution in [0.5, 0.6) is 0 Å². The summed E-state index contributed by atoms with van der Waals surface area (Å²) in [6, 6.07) is 6.02. The summed E-state index contributed by atoms with van der Waals surface area (Å²) in [7, 11) is 1.78. The first-order valence-corrected chi connectivity index (χ1v) is 4.34. The van der Waals surface area contributed by atoms with Crippen molar-refractivity contribution in [2.75, 3.05) is 11.9 Å². The highest BCUT2D eigenvalue weighted by molar-refractivity contribution is 5.90. The first kappa shape index (κ1) is 9.78. The van der Waals surface area contributed by atoms with Crippen molar-refractivity contribution in [1.82, 2.24) is 0 Å². The molecule has 1 aromatic carbocycles. The maximum atomic E-state index is 11.1. The summed E-state index contributed by atoms with van der Waals surface area (Å²) in [6.45, 7) is 5.68. The Morgan fingerprint density at radius 2 is 1.85 bits per heavy atom. The van der Waals surface area contributed by atoms with E-state index in [1.54, 1.807) is 18.9 Å². The third-order valence-electron chi connectivity index (χ3n) is 2.35. The molecule has 1 rings (SSSR count). The van der Waals surface area contributed by atoms with Crippen molar-refractivity contribution < 1.29 is 4.79 Å². The zero-order chi connectivity index (χ0) is 10.0. The Hall–Kier alpha value is -1.31. The van der Waals surface area contributed by atoms with Crippen LogP contribution in [-0.2, 0) is 4.79 Å². The number of rotatable bonds is 1. The predicted molar refractivity (Wildman–Crippen MR) is 55.0 cm³/mol. The van der Waals surface area contributed by atoms with E-state index in [9.17, 15) is 4.79 Å². The lowest BCUT2D eigenvalue weighted by Gasteiger charge is -2.16. The normalized spacial score (nSPS) is 9.85. The minimum absolute atomic E-state index is 0.0586. The van der Waals surface area contributed by atoms with Crippen molar-refractivity contribution in [3.8, 4) is 0 Å². The summed E-state index contributed by atoms with van der Waals surface area (Å²) in [6.07, 6.45) is 0. The second-order valence-corrected chi connectivity index (χ2v) is 3.35. The Labute approximate surface area is 79.2 Å². The molecule has 0 heterocycles. The number of anilines is 1. The van der Waals surface area contributed by atoms with E-state index in [0.717, 1.165) is 5.69 Å². The van der Waals surface area contributed by atoms with Gasteiger partial charge in [0.1, 0.15) is 0 Å². The first-order chi connectivity index (χ1) is 6.02. The largest absolute Gasteiger partial charge is 0.316 e. The van der Waals surface area contributed by atoms with Crippen LogP contribution in [0, 0.1) is 13.8 Å². The number of nitrogens with zero attached hydrogens (tertiary/aromatic N) is 1.